The Morgan fingerprint density at radius 1 is 1.04 bits per heavy atom. The zero-order chi connectivity index (χ0) is 19.9. The Bertz CT molecular complexity index is 646. The first-order chi connectivity index (χ1) is 13.1. The highest BCUT2D eigenvalue weighted by Crippen LogP contribution is 2.03. The molecule has 0 fully saturated rings. The van der Waals surface area contributed by atoms with Crippen molar-refractivity contribution in [3.05, 3.63) is 71.8 Å². The van der Waals surface area contributed by atoms with Crippen molar-refractivity contribution in [2.24, 2.45) is 0 Å². The number of carboxylic acid groups (broad SMARTS) is 1. The largest absolute Gasteiger partial charge is 0.480 e. The Kier molecular flexibility index (Phi) is 11.2. The number of carbonyl (C=O) groups is 2. The van der Waals surface area contributed by atoms with Gasteiger partial charge >= 0.3 is 5.97 Å². The lowest BCUT2D eigenvalue weighted by Crippen LogP contribution is -2.37. The third kappa shape index (κ3) is 9.53. The standard InChI is InChI=1S/C11H17NO.C10H11NO3/c1-2-11(9-13)12-8-10-6-4-3-5-7-10;12-7-11-9(10(13)14)6-8-4-2-1-3-5-8/h3-7,11-13H,2,8-9H2,1H3;1-5,7,9H,6H2,(H,11,12)(H,13,14)/t11-;9-/m01/s1. The molecule has 0 radical (unpaired) electrons. The topological polar surface area (TPSA) is 98.7 Å². The highest BCUT2D eigenvalue weighted by molar-refractivity contribution is 5.76. The number of aliphatic hydroxyl groups excluding tert-OH is 1. The molecule has 2 rings (SSSR count). The van der Waals surface area contributed by atoms with Crippen LogP contribution in [0.15, 0.2) is 60.7 Å². The predicted molar refractivity (Wildman–Crippen MR) is 105 cm³/mol. The number of hydrogen-bond acceptors (Lipinski definition) is 4. The lowest BCUT2D eigenvalue weighted by Gasteiger charge is -2.13. The van der Waals surface area contributed by atoms with Gasteiger partial charge in [0.1, 0.15) is 6.04 Å². The average molecular weight is 372 g/mol. The maximum absolute atomic E-state index is 10.7. The Labute approximate surface area is 160 Å². The molecular weight excluding hydrogens is 344 g/mol. The van der Waals surface area contributed by atoms with Gasteiger partial charge in [0, 0.05) is 19.0 Å². The van der Waals surface area contributed by atoms with Crippen LogP contribution in [0.25, 0.3) is 0 Å². The molecule has 6 heteroatoms. The summed E-state index contributed by atoms with van der Waals surface area (Å²) in [4.78, 5) is 20.8. The number of benzene rings is 2. The van der Waals surface area contributed by atoms with E-state index >= 15 is 0 Å². The highest BCUT2D eigenvalue weighted by Gasteiger charge is 2.16. The fraction of sp³-hybridized carbons (Fsp3) is 0.333. The second-order valence-corrected chi connectivity index (χ2v) is 6.02. The maximum atomic E-state index is 10.7. The Morgan fingerprint density at radius 2 is 1.59 bits per heavy atom. The summed E-state index contributed by atoms with van der Waals surface area (Å²) in [6.45, 7) is 3.11. The molecule has 0 aliphatic rings. The molecule has 0 saturated heterocycles. The molecule has 4 N–H and O–H groups in total. The number of hydrogen-bond donors (Lipinski definition) is 4. The zero-order valence-electron chi connectivity index (χ0n) is 15.5. The van der Waals surface area contributed by atoms with E-state index < -0.39 is 12.0 Å². The van der Waals surface area contributed by atoms with Gasteiger partial charge in [0.15, 0.2) is 0 Å². The number of aliphatic hydroxyl groups is 1. The molecule has 2 aromatic rings. The molecule has 0 aromatic heterocycles. The Hall–Kier alpha value is -2.70. The first-order valence-corrected chi connectivity index (χ1v) is 8.95. The molecule has 0 spiro atoms. The van der Waals surface area contributed by atoms with Crippen molar-refractivity contribution >= 4 is 12.4 Å². The minimum atomic E-state index is -1.03. The molecule has 0 heterocycles. The smallest absolute Gasteiger partial charge is 0.326 e. The van der Waals surface area contributed by atoms with Crippen LogP contribution in [0.4, 0.5) is 0 Å². The van der Waals surface area contributed by atoms with Gasteiger partial charge < -0.3 is 20.8 Å². The third-order valence-corrected chi connectivity index (χ3v) is 4.00. The minimum absolute atomic E-state index is 0.212. The molecule has 2 aromatic carbocycles. The molecule has 0 saturated carbocycles. The summed E-state index contributed by atoms with van der Waals surface area (Å²) in [5, 5.41) is 23.2. The van der Waals surface area contributed by atoms with Crippen LogP contribution in [0.1, 0.15) is 24.5 Å². The van der Waals surface area contributed by atoms with Crippen molar-refractivity contribution in [1.82, 2.24) is 10.6 Å². The van der Waals surface area contributed by atoms with Crippen LogP contribution < -0.4 is 10.6 Å². The van der Waals surface area contributed by atoms with Crippen LogP contribution in [0, 0.1) is 0 Å². The third-order valence-electron chi connectivity index (χ3n) is 4.00. The van der Waals surface area contributed by atoms with Gasteiger partial charge in [-0.25, -0.2) is 4.79 Å². The SMILES string of the molecule is CC[C@@H](CO)NCc1ccccc1.O=CN[C@H](Cc1ccccc1)C(=O)O. The molecule has 0 unspecified atom stereocenters. The van der Waals surface area contributed by atoms with Gasteiger partial charge in [-0.1, -0.05) is 67.6 Å². The molecule has 146 valence electrons. The normalized spacial score (nSPS) is 12.2. The van der Waals surface area contributed by atoms with Gasteiger partial charge in [-0.15, -0.1) is 0 Å². The summed E-state index contributed by atoms with van der Waals surface area (Å²) >= 11 is 0. The zero-order valence-corrected chi connectivity index (χ0v) is 15.5. The predicted octanol–water partition coefficient (Wildman–Crippen LogP) is 1.98. The van der Waals surface area contributed by atoms with E-state index in [-0.39, 0.29) is 12.6 Å². The summed E-state index contributed by atoms with van der Waals surface area (Å²) < 4.78 is 0. The monoisotopic (exact) mass is 372 g/mol. The van der Waals surface area contributed by atoms with E-state index in [1.54, 1.807) is 0 Å². The van der Waals surface area contributed by atoms with Crippen molar-refractivity contribution in [2.45, 2.75) is 38.4 Å². The molecule has 1 amide bonds. The van der Waals surface area contributed by atoms with Gasteiger partial charge in [-0.2, -0.15) is 0 Å². The van der Waals surface area contributed by atoms with E-state index in [4.69, 9.17) is 10.2 Å². The van der Waals surface area contributed by atoms with E-state index in [9.17, 15) is 9.59 Å². The van der Waals surface area contributed by atoms with Crippen LogP contribution in [0.3, 0.4) is 0 Å². The van der Waals surface area contributed by atoms with Gasteiger partial charge in [-0.05, 0) is 17.5 Å². The van der Waals surface area contributed by atoms with E-state index in [0.717, 1.165) is 18.5 Å². The number of rotatable bonds is 10. The Balaban J connectivity index is 0.000000271. The van der Waals surface area contributed by atoms with E-state index in [2.05, 4.69) is 29.7 Å². The maximum Gasteiger partial charge on any atom is 0.326 e. The lowest BCUT2D eigenvalue weighted by atomic mass is 10.1. The van der Waals surface area contributed by atoms with Gasteiger partial charge in [-0.3, -0.25) is 4.79 Å². The van der Waals surface area contributed by atoms with Crippen LogP contribution in [-0.2, 0) is 22.6 Å². The number of aliphatic carboxylic acids is 1. The highest BCUT2D eigenvalue weighted by atomic mass is 16.4. The van der Waals surface area contributed by atoms with Gasteiger partial charge in [0.05, 0.1) is 6.61 Å². The summed E-state index contributed by atoms with van der Waals surface area (Å²) in [6, 6.07) is 18.7. The molecule has 0 aliphatic heterocycles. The second kappa shape index (κ2) is 13.5. The first kappa shape index (κ1) is 22.3. The molecule has 0 aliphatic carbocycles. The fourth-order valence-corrected chi connectivity index (χ4v) is 2.35. The van der Waals surface area contributed by atoms with Crippen LogP contribution in [0.5, 0.6) is 0 Å². The summed E-state index contributed by atoms with van der Waals surface area (Å²) in [7, 11) is 0. The molecule has 6 nitrogen and oxygen atoms in total. The van der Waals surface area contributed by atoms with E-state index in [0.29, 0.717) is 12.8 Å². The molecule has 27 heavy (non-hydrogen) atoms. The second-order valence-electron chi connectivity index (χ2n) is 6.02. The van der Waals surface area contributed by atoms with Gasteiger partial charge in [0.2, 0.25) is 6.41 Å². The van der Waals surface area contributed by atoms with E-state index in [1.165, 1.54) is 5.56 Å². The van der Waals surface area contributed by atoms with Crippen molar-refractivity contribution < 1.29 is 19.8 Å². The molecule has 0 bridgehead atoms. The number of carboxylic acids is 1. The summed E-state index contributed by atoms with van der Waals surface area (Å²) in [5.41, 5.74) is 2.14. The summed E-state index contributed by atoms with van der Waals surface area (Å²) in [5.74, 6) is -1.03. The van der Waals surface area contributed by atoms with Crippen LogP contribution >= 0.6 is 0 Å². The van der Waals surface area contributed by atoms with Crippen molar-refractivity contribution in [3.63, 3.8) is 0 Å². The van der Waals surface area contributed by atoms with Crippen molar-refractivity contribution in [1.29, 1.82) is 0 Å². The summed E-state index contributed by atoms with van der Waals surface area (Å²) in [6.07, 6.45) is 1.67. The van der Waals surface area contributed by atoms with Crippen molar-refractivity contribution in [2.75, 3.05) is 6.61 Å². The lowest BCUT2D eigenvalue weighted by molar-refractivity contribution is -0.140. The number of amides is 1. The quantitative estimate of drug-likeness (QED) is 0.478. The van der Waals surface area contributed by atoms with Crippen LogP contribution in [-0.4, -0.2) is 41.3 Å². The first-order valence-electron chi connectivity index (χ1n) is 8.95. The fourth-order valence-electron chi connectivity index (χ4n) is 2.35. The van der Waals surface area contributed by atoms with Crippen LogP contribution in [0.2, 0.25) is 0 Å². The minimum Gasteiger partial charge on any atom is -0.480 e. The number of nitrogens with one attached hydrogen (secondary N) is 2. The number of carbonyl (C=O) groups excluding carboxylic acids is 1. The van der Waals surface area contributed by atoms with Crippen molar-refractivity contribution in [3.8, 4) is 0 Å². The average Bonchev–Trinajstić information content (AvgIpc) is 2.70. The van der Waals surface area contributed by atoms with E-state index in [1.807, 2.05) is 48.5 Å². The van der Waals surface area contributed by atoms with Gasteiger partial charge in [0.25, 0.3) is 0 Å². The molecular formula is C21H28N2O4. The Morgan fingerprint density at radius 3 is 2.04 bits per heavy atom. The molecule has 2 atom stereocenters.